The van der Waals surface area contributed by atoms with Crippen molar-refractivity contribution in [3.05, 3.63) is 62.6 Å². The molecule has 0 heterocycles. The smallest absolute Gasteiger partial charge is 0.244 e. The topological polar surface area (TPSA) is 86.8 Å². The van der Waals surface area contributed by atoms with Gasteiger partial charge in [-0.2, -0.15) is 0 Å². The zero-order valence-corrected chi connectivity index (χ0v) is 23.4. The summed E-state index contributed by atoms with van der Waals surface area (Å²) < 4.78 is 26.4. The molecule has 0 saturated heterocycles. The lowest BCUT2D eigenvalue weighted by molar-refractivity contribution is -0.139. The number of rotatable bonds is 10. The van der Waals surface area contributed by atoms with E-state index < -0.39 is 28.5 Å². The van der Waals surface area contributed by atoms with Gasteiger partial charge in [0.25, 0.3) is 0 Å². The van der Waals surface area contributed by atoms with Crippen LogP contribution in [0.4, 0.5) is 5.69 Å². The first-order valence-corrected chi connectivity index (χ1v) is 14.0. The van der Waals surface area contributed by atoms with Crippen molar-refractivity contribution in [3.8, 4) is 0 Å². The van der Waals surface area contributed by atoms with Crippen molar-refractivity contribution in [2.45, 2.75) is 52.7 Å². The molecule has 0 saturated carbocycles. The van der Waals surface area contributed by atoms with Gasteiger partial charge in [-0.05, 0) is 62.6 Å². The molecule has 2 rings (SSSR count). The molecule has 1 N–H and O–H groups in total. The van der Waals surface area contributed by atoms with Gasteiger partial charge >= 0.3 is 0 Å². The van der Waals surface area contributed by atoms with Crippen LogP contribution in [0.2, 0.25) is 15.1 Å². The van der Waals surface area contributed by atoms with Crippen molar-refractivity contribution < 1.29 is 18.0 Å². The first-order chi connectivity index (χ1) is 16.3. The Kier molecular flexibility index (Phi) is 10.3. The average Bonchev–Trinajstić information content (AvgIpc) is 2.77. The van der Waals surface area contributed by atoms with Crippen molar-refractivity contribution >= 4 is 62.3 Å². The van der Waals surface area contributed by atoms with Crippen molar-refractivity contribution in [1.29, 1.82) is 0 Å². The number of anilines is 1. The molecule has 2 aromatic rings. The second kappa shape index (κ2) is 12.3. The van der Waals surface area contributed by atoms with Gasteiger partial charge in [-0.1, -0.05) is 53.9 Å². The molecule has 0 unspecified atom stereocenters. The molecular weight excluding hydrogens is 533 g/mol. The summed E-state index contributed by atoms with van der Waals surface area (Å²) in [7, 11) is -3.86. The van der Waals surface area contributed by atoms with Gasteiger partial charge in [0, 0.05) is 27.7 Å². The highest BCUT2D eigenvalue weighted by Gasteiger charge is 2.31. The van der Waals surface area contributed by atoms with Gasteiger partial charge < -0.3 is 10.2 Å². The third-order valence-corrected chi connectivity index (χ3v) is 7.83. The van der Waals surface area contributed by atoms with E-state index in [1.54, 1.807) is 50.2 Å². The molecule has 2 amide bonds. The minimum Gasteiger partial charge on any atom is -0.352 e. The summed E-state index contributed by atoms with van der Waals surface area (Å²) in [5.41, 5.74) is 1.37. The number of halogens is 3. The Morgan fingerprint density at radius 1 is 1.06 bits per heavy atom. The minimum absolute atomic E-state index is 0.0178. The number of benzene rings is 2. The fraction of sp³-hybridized carbons (Fsp3) is 0.417. The summed E-state index contributed by atoms with van der Waals surface area (Å²) in [6, 6.07) is 8.68. The van der Waals surface area contributed by atoms with Gasteiger partial charge in [-0.3, -0.25) is 13.9 Å². The van der Waals surface area contributed by atoms with Gasteiger partial charge in [0.15, 0.2) is 0 Å². The third-order valence-electron chi connectivity index (χ3n) is 5.71. The molecule has 0 bridgehead atoms. The summed E-state index contributed by atoms with van der Waals surface area (Å²) in [6.07, 6.45) is 1.73. The van der Waals surface area contributed by atoms with Gasteiger partial charge in [0.1, 0.15) is 12.6 Å². The summed E-state index contributed by atoms with van der Waals surface area (Å²) >= 11 is 18.5. The Hall–Kier alpha value is -2.00. The van der Waals surface area contributed by atoms with Crippen molar-refractivity contribution in [1.82, 2.24) is 10.2 Å². The highest BCUT2D eigenvalue weighted by molar-refractivity contribution is 7.92. The van der Waals surface area contributed by atoms with Crippen molar-refractivity contribution in [2.75, 3.05) is 17.1 Å². The molecule has 2 aromatic carbocycles. The molecule has 0 radical (unpaired) electrons. The quantitative estimate of drug-likeness (QED) is 0.439. The highest BCUT2D eigenvalue weighted by atomic mass is 35.5. The number of nitrogens with zero attached hydrogens (tertiary/aromatic N) is 2. The Labute approximate surface area is 222 Å². The summed E-state index contributed by atoms with van der Waals surface area (Å²) in [6.45, 7) is 6.52. The number of nitrogens with one attached hydrogen (secondary N) is 1. The van der Waals surface area contributed by atoms with E-state index >= 15 is 0 Å². The first kappa shape index (κ1) is 29.2. The third kappa shape index (κ3) is 7.74. The molecule has 0 aromatic heterocycles. The van der Waals surface area contributed by atoms with E-state index in [0.29, 0.717) is 32.6 Å². The predicted molar refractivity (Wildman–Crippen MR) is 143 cm³/mol. The largest absolute Gasteiger partial charge is 0.352 e. The molecule has 11 heteroatoms. The molecule has 192 valence electrons. The number of amides is 2. The van der Waals surface area contributed by atoms with Crippen LogP contribution in [0.1, 0.15) is 38.3 Å². The minimum atomic E-state index is -3.86. The molecule has 0 fully saturated rings. The van der Waals surface area contributed by atoms with Crippen molar-refractivity contribution in [3.63, 3.8) is 0 Å². The first-order valence-electron chi connectivity index (χ1n) is 11.0. The standard InChI is InChI=1S/C24H30Cl3N3O4S/c1-6-15(2)28-24(32)17(4)29(13-18-10-11-19(25)12-21(18)27)23(31)14-30(35(5,33)34)22-9-7-8-20(26)16(22)3/h7-12,15,17H,6,13-14H2,1-5H3,(H,28,32)/t15-,17-/m1/s1. The summed E-state index contributed by atoms with van der Waals surface area (Å²) in [5.74, 6) is -0.935. The van der Waals surface area contributed by atoms with E-state index in [2.05, 4.69) is 5.32 Å². The summed E-state index contributed by atoms with van der Waals surface area (Å²) in [4.78, 5) is 27.8. The number of carbonyl (C=O) groups excluding carboxylic acids is 2. The lowest BCUT2D eigenvalue weighted by Gasteiger charge is -2.32. The van der Waals surface area contributed by atoms with Gasteiger partial charge in [-0.25, -0.2) is 8.42 Å². The van der Waals surface area contributed by atoms with Crippen LogP contribution >= 0.6 is 34.8 Å². The molecular formula is C24H30Cl3N3O4S. The zero-order chi connectivity index (χ0) is 26.5. The molecule has 35 heavy (non-hydrogen) atoms. The van der Waals surface area contributed by atoms with Crippen molar-refractivity contribution in [2.24, 2.45) is 0 Å². The maximum absolute atomic E-state index is 13.6. The van der Waals surface area contributed by atoms with Crippen LogP contribution in [-0.4, -0.2) is 50.0 Å². The van der Waals surface area contributed by atoms with E-state index in [1.165, 1.54) is 4.90 Å². The van der Waals surface area contributed by atoms with Gasteiger partial charge in [0.2, 0.25) is 21.8 Å². The van der Waals surface area contributed by atoms with E-state index in [0.717, 1.165) is 10.6 Å². The molecule has 0 aliphatic rings. The van der Waals surface area contributed by atoms with E-state index in [4.69, 9.17) is 34.8 Å². The fourth-order valence-corrected chi connectivity index (χ4v) is 4.88. The van der Waals surface area contributed by atoms with Crippen LogP contribution < -0.4 is 9.62 Å². The zero-order valence-electron chi connectivity index (χ0n) is 20.3. The maximum atomic E-state index is 13.6. The number of sulfonamides is 1. The Morgan fingerprint density at radius 3 is 2.29 bits per heavy atom. The highest BCUT2D eigenvalue weighted by Crippen LogP contribution is 2.29. The number of hydrogen-bond acceptors (Lipinski definition) is 4. The molecule has 0 aliphatic heterocycles. The normalized spacial score (nSPS) is 13.1. The Bertz CT molecular complexity index is 1190. The Balaban J connectivity index is 2.47. The van der Waals surface area contributed by atoms with Crippen LogP contribution in [0.15, 0.2) is 36.4 Å². The van der Waals surface area contributed by atoms with E-state index in [9.17, 15) is 18.0 Å². The molecule has 0 aliphatic carbocycles. The summed E-state index contributed by atoms with van der Waals surface area (Å²) in [5, 5.41) is 4.00. The lowest BCUT2D eigenvalue weighted by atomic mass is 10.1. The van der Waals surface area contributed by atoms with Gasteiger partial charge in [-0.15, -0.1) is 0 Å². The Morgan fingerprint density at radius 2 is 1.71 bits per heavy atom. The SMILES string of the molecule is CC[C@@H](C)NC(=O)[C@@H](C)N(Cc1ccc(Cl)cc1Cl)C(=O)CN(c1cccc(Cl)c1C)S(C)(=O)=O. The lowest BCUT2D eigenvalue weighted by Crippen LogP contribution is -2.52. The average molecular weight is 563 g/mol. The van der Waals surface area contributed by atoms with Crippen LogP contribution in [-0.2, 0) is 26.2 Å². The van der Waals surface area contributed by atoms with E-state index in [1.807, 2.05) is 13.8 Å². The monoisotopic (exact) mass is 561 g/mol. The fourth-order valence-electron chi connectivity index (χ4n) is 3.34. The second-order valence-electron chi connectivity index (χ2n) is 8.40. The number of carbonyl (C=O) groups is 2. The van der Waals surface area contributed by atoms with Crippen LogP contribution in [0.25, 0.3) is 0 Å². The van der Waals surface area contributed by atoms with Gasteiger partial charge in [0.05, 0.1) is 11.9 Å². The molecule has 0 spiro atoms. The maximum Gasteiger partial charge on any atom is 0.244 e. The second-order valence-corrected chi connectivity index (χ2v) is 11.6. The predicted octanol–water partition coefficient (Wildman–Crippen LogP) is 5.05. The van der Waals surface area contributed by atoms with Crippen LogP contribution in [0.3, 0.4) is 0 Å². The van der Waals surface area contributed by atoms with E-state index in [-0.39, 0.29) is 24.2 Å². The number of hydrogen-bond donors (Lipinski definition) is 1. The van der Waals surface area contributed by atoms with Crippen LogP contribution in [0.5, 0.6) is 0 Å². The molecule has 2 atom stereocenters. The van der Waals surface area contributed by atoms with Crippen LogP contribution in [0, 0.1) is 6.92 Å². The molecule has 7 nitrogen and oxygen atoms in total.